The number of amides is 3. The molecule has 1 saturated heterocycles. The van der Waals surface area contributed by atoms with Gasteiger partial charge in [0.1, 0.15) is 6.04 Å². The van der Waals surface area contributed by atoms with Gasteiger partial charge in [0.2, 0.25) is 17.7 Å². The predicted molar refractivity (Wildman–Crippen MR) is 61.1 cm³/mol. The predicted octanol–water partition coefficient (Wildman–Crippen LogP) is -2.33. The van der Waals surface area contributed by atoms with E-state index >= 15 is 0 Å². The van der Waals surface area contributed by atoms with Crippen molar-refractivity contribution in [1.29, 1.82) is 0 Å². The van der Waals surface area contributed by atoms with Crippen molar-refractivity contribution in [1.82, 2.24) is 20.9 Å². The topological polar surface area (TPSA) is 90.5 Å². The monoisotopic (exact) mass is 242 g/mol. The molecule has 3 amide bonds. The number of piperazine rings is 1. The van der Waals surface area contributed by atoms with Gasteiger partial charge in [-0.3, -0.25) is 19.7 Å². The Morgan fingerprint density at radius 1 is 1.53 bits per heavy atom. The van der Waals surface area contributed by atoms with Gasteiger partial charge in [0, 0.05) is 20.1 Å². The second-order valence-corrected chi connectivity index (χ2v) is 3.89. The van der Waals surface area contributed by atoms with Crippen molar-refractivity contribution in [3.63, 3.8) is 0 Å². The minimum Gasteiger partial charge on any atom is -0.355 e. The Morgan fingerprint density at radius 3 is 2.76 bits per heavy atom. The van der Waals surface area contributed by atoms with Crippen LogP contribution in [0.4, 0.5) is 0 Å². The van der Waals surface area contributed by atoms with E-state index in [9.17, 15) is 14.4 Å². The van der Waals surface area contributed by atoms with Crippen LogP contribution in [0.25, 0.3) is 0 Å². The third kappa shape index (κ3) is 4.03. The van der Waals surface area contributed by atoms with Gasteiger partial charge in [-0.1, -0.05) is 0 Å². The van der Waals surface area contributed by atoms with Gasteiger partial charge in [-0.25, -0.2) is 0 Å². The second-order valence-electron chi connectivity index (χ2n) is 3.89. The maximum Gasteiger partial charge on any atom is 0.241 e. The van der Waals surface area contributed by atoms with Crippen LogP contribution < -0.4 is 16.0 Å². The van der Waals surface area contributed by atoms with Crippen LogP contribution >= 0.6 is 0 Å². The first-order valence-corrected chi connectivity index (χ1v) is 5.56. The van der Waals surface area contributed by atoms with Gasteiger partial charge in [0.05, 0.1) is 13.1 Å². The maximum atomic E-state index is 11.9. The van der Waals surface area contributed by atoms with Crippen LogP contribution in [-0.2, 0) is 14.4 Å². The number of carbonyl (C=O) groups excluding carboxylic acids is 3. The third-order valence-electron chi connectivity index (χ3n) is 2.44. The Morgan fingerprint density at radius 2 is 2.24 bits per heavy atom. The van der Waals surface area contributed by atoms with Crippen molar-refractivity contribution in [2.24, 2.45) is 0 Å². The SMILES string of the molecule is CCNC(=O)CN(C)C(=O)C1CNC(=O)CN1. The summed E-state index contributed by atoms with van der Waals surface area (Å²) in [4.78, 5) is 35.4. The summed E-state index contributed by atoms with van der Waals surface area (Å²) in [6, 6.07) is -0.452. The fraction of sp³-hybridized carbons (Fsp3) is 0.700. The number of nitrogens with one attached hydrogen (secondary N) is 3. The summed E-state index contributed by atoms with van der Waals surface area (Å²) in [6.45, 7) is 2.78. The number of likely N-dealkylation sites (N-methyl/N-ethyl adjacent to an activating group) is 2. The van der Waals surface area contributed by atoms with Crippen molar-refractivity contribution in [2.45, 2.75) is 13.0 Å². The number of hydrogen-bond acceptors (Lipinski definition) is 4. The molecule has 1 rings (SSSR count). The van der Waals surface area contributed by atoms with Crippen molar-refractivity contribution in [2.75, 3.05) is 33.2 Å². The zero-order chi connectivity index (χ0) is 12.8. The van der Waals surface area contributed by atoms with Crippen LogP contribution in [0.1, 0.15) is 6.92 Å². The first-order valence-electron chi connectivity index (χ1n) is 5.56. The molecule has 3 N–H and O–H groups in total. The van der Waals surface area contributed by atoms with Gasteiger partial charge < -0.3 is 15.5 Å². The van der Waals surface area contributed by atoms with E-state index in [1.807, 2.05) is 6.92 Å². The largest absolute Gasteiger partial charge is 0.355 e. The normalized spacial score (nSPS) is 19.4. The van der Waals surface area contributed by atoms with Crippen LogP contribution in [0.15, 0.2) is 0 Å². The lowest BCUT2D eigenvalue weighted by atomic mass is 10.2. The minimum atomic E-state index is -0.452. The lowest BCUT2D eigenvalue weighted by Gasteiger charge is -2.27. The first-order chi connectivity index (χ1) is 8.04. The van der Waals surface area contributed by atoms with E-state index in [4.69, 9.17) is 0 Å². The van der Waals surface area contributed by atoms with E-state index in [1.54, 1.807) is 7.05 Å². The Bertz CT molecular complexity index is 309. The molecule has 1 unspecified atom stereocenters. The fourth-order valence-corrected chi connectivity index (χ4v) is 1.55. The average Bonchev–Trinajstić information content (AvgIpc) is 2.29. The molecule has 0 aromatic heterocycles. The number of carbonyl (C=O) groups is 3. The van der Waals surface area contributed by atoms with Gasteiger partial charge in [0.25, 0.3) is 0 Å². The van der Waals surface area contributed by atoms with Crippen molar-refractivity contribution in [3.05, 3.63) is 0 Å². The van der Waals surface area contributed by atoms with Crippen molar-refractivity contribution < 1.29 is 14.4 Å². The van der Waals surface area contributed by atoms with Crippen LogP contribution in [0.3, 0.4) is 0 Å². The molecule has 0 aliphatic carbocycles. The van der Waals surface area contributed by atoms with Crippen molar-refractivity contribution >= 4 is 17.7 Å². The molecule has 96 valence electrons. The zero-order valence-electron chi connectivity index (χ0n) is 10.1. The van der Waals surface area contributed by atoms with Gasteiger partial charge in [0.15, 0.2) is 0 Å². The van der Waals surface area contributed by atoms with E-state index in [2.05, 4.69) is 16.0 Å². The molecule has 17 heavy (non-hydrogen) atoms. The van der Waals surface area contributed by atoms with E-state index in [0.717, 1.165) is 0 Å². The van der Waals surface area contributed by atoms with Gasteiger partial charge >= 0.3 is 0 Å². The zero-order valence-corrected chi connectivity index (χ0v) is 10.1. The highest BCUT2D eigenvalue weighted by Crippen LogP contribution is 1.95. The Balaban J connectivity index is 2.41. The lowest BCUT2D eigenvalue weighted by Crippen LogP contribution is -2.58. The highest BCUT2D eigenvalue weighted by atomic mass is 16.2. The standard InChI is InChI=1S/C10H18N4O3/c1-3-11-9(16)6-14(2)10(17)7-4-13-8(15)5-12-7/h7,12H,3-6H2,1-2H3,(H,11,16)(H,13,15). The molecule has 0 radical (unpaired) electrons. The minimum absolute atomic E-state index is 0.0266. The molecule has 1 aliphatic heterocycles. The fourth-order valence-electron chi connectivity index (χ4n) is 1.55. The molecule has 1 fully saturated rings. The summed E-state index contributed by atoms with van der Waals surface area (Å²) < 4.78 is 0. The molecular formula is C10H18N4O3. The average molecular weight is 242 g/mol. The molecule has 0 aromatic rings. The molecule has 7 nitrogen and oxygen atoms in total. The smallest absolute Gasteiger partial charge is 0.241 e. The van der Waals surface area contributed by atoms with Crippen LogP contribution in [-0.4, -0.2) is 61.9 Å². The quantitative estimate of drug-likeness (QED) is 0.516. The summed E-state index contributed by atoms with van der Waals surface area (Å²) in [5.74, 6) is -0.514. The third-order valence-corrected chi connectivity index (χ3v) is 2.44. The summed E-state index contributed by atoms with van der Waals surface area (Å²) in [5, 5.41) is 8.03. The number of rotatable bonds is 4. The molecular weight excluding hydrogens is 224 g/mol. The van der Waals surface area contributed by atoms with E-state index in [-0.39, 0.29) is 37.4 Å². The molecule has 0 saturated carbocycles. The summed E-state index contributed by atoms with van der Waals surface area (Å²) in [7, 11) is 1.57. The summed E-state index contributed by atoms with van der Waals surface area (Å²) in [6.07, 6.45) is 0. The van der Waals surface area contributed by atoms with Crippen LogP contribution in [0.2, 0.25) is 0 Å². The molecule has 7 heteroatoms. The van der Waals surface area contributed by atoms with Crippen LogP contribution in [0.5, 0.6) is 0 Å². The molecule has 0 aromatic carbocycles. The summed E-state index contributed by atoms with van der Waals surface area (Å²) >= 11 is 0. The highest BCUT2D eigenvalue weighted by Gasteiger charge is 2.26. The van der Waals surface area contributed by atoms with Gasteiger partial charge in [-0.15, -0.1) is 0 Å². The van der Waals surface area contributed by atoms with E-state index < -0.39 is 6.04 Å². The molecule has 0 spiro atoms. The highest BCUT2D eigenvalue weighted by molar-refractivity contribution is 5.89. The van der Waals surface area contributed by atoms with Crippen LogP contribution in [0, 0.1) is 0 Å². The second kappa shape index (κ2) is 6.19. The lowest BCUT2D eigenvalue weighted by molar-refractivity contribution is -0.137. The van der Waals surface area contributed by atoms with Gasteiger partial charge in [-0.2, -0.15) is 0 Å². The van der Waals surface area contributed by atoms with Crippen molar-refractivity contribution in [3.8, 4) is 0 Å². The Hall–Kier alpha value is -1.63. The number of nitrogens with zero attached hydrogens (tertiary/aromatic N) is 1. The Kier molecular flexibility index (Phi) is 4.89. The molecule has 1 heterocycles. The Labute approximate surface area is 99.9 Å². The first kappa shape index (κ1) is 13.4. The summed E-state index contributed by atoms with van der Waals surface area (Å²) in [5.41, 5.74) is 0. The molecule has 0 bridgehead atoms. The van der Waals surface area contributed by atoms with Gasteiger partial charge in [-0.05, 0) is 6.92 Å². The molecule has 1 atom stereocenters. The van der Waals surface area contributed by atoms with E-state index in [0.29, 0.717) is 6.54 Å². The molecule has 1 aliphatic rings. The number of hydrogen-bond donors (Lipinski definition) is 3. The van der Waals surface area contributed by atoms with E-state index in [1.165, 1.54) is 4.90 Å². The maximum absolute atomic E-state index is 11.9.